The first kappa shape index (κ1) is 25.0. The molecule has 2 unspecified atom stereocenters. The number of esters is 1. The molecule has 0 amide bonds. The van der Waals surface area contributed by atoms with Crippen molar-refractivity contribution < 1.29 is 19.1 Å². The molecular weight excluding hydrogens is 436 g/mol. The first-order chi connectivity index (χ1) is 16.1. The van der Waals surface area contributed by atoms with Gasteiger partial charge in [0.25, 0.3) is 0 Å². The summed E-state index contributed by atoms with van der Waals surface area (Å²) in [4.78, 5) is 39.9. The Morgan fingerprint density at radius 1 is 0.943 bits per heavy atom. The zero-order valence-corrected chi connectivity index (χ0v) is 23.0. The molecule has 192 valence electrons. The van der Waals surface area contributed by atoms with Crippen molar-refractivity contribution in [3.8, 4) is 0 Å². The summed E-state index contributed by atoms with van der Waals surface area (Å²) in [6, 6.07) is 0. The van der Waals surface area contributed by atoms with E-state index in [0.29, 0.717) is 0 Å². The monoisotopic (exact) mass is 480 g/mol. The van der Waals surface area contributed by atoms with E-state index in [1.54, 1.807) is 6.08 Å². The van der Waals surface area contributed by atoms with Crippen LogP contribution in [0.2, 0.25) is 0 Å². The SMILES string of the molecule is COC(=O)C1(C)CC[C@]2(C)CC[C@]3(C)C(=CC(=O)[C@@H]4[C@@]5(C)C=CC(=O)C(C)(C)C5CC[C@]43C)[C@H]2C1. The van der Waals surface area contributed by atoms with Crippen molar-refractivity contribution in [3.05, 3.63) is 23.8 Å². The van der Waals surface area contributed by atoms with Crippen LogP contribution in [0.1, 0.15) is 93.4 Å². The standard InChI is InChI=1S/C31H44O4/c1-26(2)22-9-12-31(7)24(29(22,5)11-10-23(26)33)21(32)17-19-20-18-28(4,25(34)35-8)14-13-27(20,3)15-16-30(19,31)6/h10-11,17,20,22,24H,9,12-16,18H2,1-8H3/t20-,22?,24-,27-,28?,29+,30-,31-/m1/s1. The van der Waals surface area contributed by atoms with Crippen LogP contribution in [-0.4, -0.2) is 24.6 Å². The molecule has 0 saturated heterocycles. The molecule has 4 nitrogen and oxygen atoms in total. The first-order valence-electron chi connectivity index (χ1n) is 13.7. The molecule has 0 bridgehead atoms. The highest BCUT2D eigenvalue weighted by Gasteiger charge is 2.69. The van der Waals surface area contributed by atoms with Crippen LogP contribution in [0, 0.1) is 50.2 Å². The third-order valence-electron chi connectivity index (χ3n) is 12.5. The van der Waals surface area contributed by atoms with E-state index in [0.717, 1.165) is 44.9 Å². The zero-order valence-electron chi connectivity index (χ0n) is 23.0. The van der Waals surface area contributed by atoms with Crippen LogP contribution < -0.4 is 0 Å². The second-order valence-electron chi connectivity index (χ2n) is 14.5. The minimum atomic E-state index is -0.501. The lowest BCUT2D eigenvalue weighted by Crippen LogP contribution is -2.65. The lowest BCUT2D eigenvalue weighted by atomic mass is 9.34. The van der Waals surface area contributed by atoms with E-state index in [1.807, 2.05) is 6.08 Å². The summed E-state index contributed by atoms with van der Waals surface area (Å²) in [6.45, 7) is 15.6. The largest absolute Gasteiger partial charge is 0.469 e. The third-order valence-corrected chi connectivity index (χ3v) is 12.5. The number of fused-ring (bicyclic) bond motifs is 7. The van der Waals surface area contributed by atoms with Gasteiger partial charge >= 0.3 is 5.97 Å². The van der Waals surface area contributed by atoms with Crippen molar-refractivity contribution in [2.45, 2.75) is 93.4 Å². The van der Waals surface area contributed by atoms with Gasteiger partial charge in [-0.1, -0.05) is 53.2 Å². The van der Waals surface area contributed by atoms with Gasteiger partial charge in [0.2, 0.25) is 0 Å². The van der Waals surface area contributed by atoms with Gasteiger partial charge in [0, 0.05) is 16.7 Å². The van der Waals surface area contributed by atoms with Crippen molar-refractivity contribution >= 4 is 17.5 Å². The minimum absolute atomic E-state index is 0.0997. The van der Waals surface area contributed by atoms with Crippen LogP contribution in [0.3, 0.4) is 0 Å². The summed E-state index contributed by atoms with van der Waals surface area (Å²) >= 11 is 0. The molecule has 4 heteroatoms. The molecule has 0 aromatic carbocycles. The number of hydrogen-bond acceptors (Lipinski definition) is 4. The Kier molecular flexibility index (Phi) is 5.13. The molecule has 0 N–H and O–H groups in total. The van der Waals surface area contributed by atoms with Crippen molar-refractivity contribution in [2.24, 2.45) is 50.2 Å². The summed E-state index contributed by atoms with van der Waals surface area (Å²) in [7, 11) is 1.49. The van der Waals surface area contributed by atoms with Gasteiger partial charge < -0.3 is 4.74 Å². The Morgan fingerprint density at radius 2 is 1.60 bits per heavy atom. The van der Waals surface area contributed by atoms with E-state index in [4.69, 9.17) is 4.74 Å². The van der Waals surface area contributed by atoms with E-state index < -0.39 is 10.8 Å². The Bertz CT molecular complexity index is 1070. The Labute approximate surface area is 211 Å². The summed E-state index contributed by atoms with van der Waals surface area (Å²) in [5, 5.41) is 0. The lowest BCUT2D eigenvalue weighted by Gasteiger charge is -2.69. The quantitative estimate of drug-likeness (QED) is 0.403. The number of ether oxygens (including phenoxy) is 1. The van der Waals surface area contributed by atoms with Crippen LogP contribution in [-0.2, 0) is 19.1 Å². The molecule has 5 rings (SSSR count). The minimum Gasteiger partial charge on any atom is -0.469 e. The van der Waals surface area contributed by atoms with E-state index >= 15 is 0 Å². The van der Waals surface area contributed by atoms with Gasteiger partial charge in [0.1, 0.15) is 0 Å². The molecule has 0 radical (unpaired) electrons. The van der Waals surface area contributed by atoms with E-state index in [2.05, 4.69) is 54.5 Å². The summed E-state index contributed by atoms with van der Waals surface area (Å²) in [5.41, 5.74) is -0.158. The Morgan fingerprint density at radius 3 is 2.26 bits per heavy atom. The van der Waals surface area contributed by atoms with Crippen molar-refractivity contribution in [3.63, 3.8) is 0 Å². The van der Waals surface area contributed by atoms with Gasteiger partial charge in [0.05, 0.1) is 12.5 Å². The van der Waals surface area contributed by atoms with Crippen LogP contribution in [0.4, 0.5) is 0 Å². The molecule has 0 aromatic heterocycles. The topological polar surface area (TPSA) is 60.4 Å². The maximum Gasteiger partial charge on any atom is 0.311 e. The molecule has 5 aliphatic carbocycles. The van der Waals surface area contributed by atoms with Crippen LogP contribution in [0.25, 0.3) is 0 Å². The summed E-state index contributed by atoms with van der Waals surface area (Å²) in [6.07, 6.45) is 12.6. The van der Waals surface area contributed by atoms with Crippen LogP contribution in [0.5, 0.6) is 0 Å². The second-order valence-corrected chi connectivity index (χ2v) is 14.5. The smallest absolute Gasteiger partial charge is 0.311 e. The number of hydrogen-bond donors (Lipinski definition) is 0. The third kappa shape index (κ3) is 2.95. The molecule has 0 aliphatic heterocycles. The first-order valence-corrected chi connectivity index (χ1v) is 13.7. The average Bonchev–Trinajstić information content (AvgIpc) is 2.78. The fourth-order valence-electron chi connectivity index (χ4n) is 9.92. The number of carbonyl (C=O) groups is 3. The van der Waals surface area contributed by atoms with Gasteiger partial charge in [-0.15, -0.1) is 0 Å². The van der Waals surface area contributed by atoms with Gasteiger partial charge in [-0.25, -0.2) is 0 Å². The molecular formula is C31H44O4. The predicted molar refractivity (Wildman–Crippen MR) is 136 cm³/mol. The average molecular weight is 481 g/mol. The Hall–Kier alpha value is -1.71. The Balaban J connectivity index is 1.64. The fourth-order valence-corrected chi connectivity index (χ4v) is 9.92. The maximum atomic E-state index is 14.2. The lowest BCUT2D eigenvalue weighted by molar-refractivity contribution is -0.172. The molecule has 3 fully saturated rings. The van der Waals surface area contributed by atoms with Crippen LogP contribution >= 0.6 is 0 Å². The highest BCUT2D eigenvalue weighted by molar-refractivity contribution is 5.99. The fraction of sp³-hybridized carbons (Fsp3) is 0.774. The number of methoxy groups -OCH3 is 1. The molecule has 8 atom stereocenters. The predicted octanol–water partition coefficient (Wildman–Crippen LogP) is 6.49. The number of carbonyl (C=O) groups excluding carboxylic acids is 3. The van der Waals surface area contributed by atoms with Gasteiger partial charge in [-0.2, -0.15) is 0 Å². The highest BCUT2D eigenvalue weighted by atomic mass is 16.5. The van der Waals surface area contributed by atoms with Gasteiger partial charge in [0.15, 0.2) is 11.6 Å². The van der Waals surface area contributed by atoms with Crippen molar-refractivity contribution in [1.82, 2.24) is 0 Å². The van der Waals surface area contributed by atoms with E-state index in [1.165, 1.54) is 12.7 Å². The van der Waals surface area contributed by atoms with Gasteiger partial charge in [-0.3, -0.25) is 14.4 Å². The molecule has 35 heavy (non-hydrogen) atoms. The zero-order chi connectivity index (χ0) is 25.8. The van der Waals surface area contributed by atoms with Crippen molar-refractivity contribution in [2.75, 3.05) is 7.11 Å². The molecule has 5 aliphatic rings. The van der Waals surface area contributed by atoms with Crippen LogP contribution in [0.15, 0.2) is 23.8 Å². The van der Waals surface area contributed by atoms with Crippen molar-refractivity contribution in [1.29, 1.82) is 0 Å². The van der Waals surface area contributed by atoms with E-state index in [9.17, 15) is 14.4 Å². The van der Waals surface area contributed by atoms with Gasteiger partial charge in [-0.05, 0) is 92.1 Å². The molecule has 0 aromatic rings. The van der Waals surface area contributed by atoms with E-state index in [-0.39, 0.29) is 56.9 Å². The highest BCUT2D eigenvalue weighted by Crippen LogP contribution is 2.74. The normalized spacial score (nSPS) is 50.3. The molecule has 0 spiro atoms. The number of ketones is 2. The molecule has 3 saturated carbocycles. The number of rotatable bonds is 1. The molecule has 0 heterocycles. The second kappa shape index (κ2) is 7.19. The maximum absolute atomic E-state index is 14.2. The summed E-state index contributed by atoms with van der Waals surface area (Å²) < 4.78 is 5.23. The number of allylic oxidation sites excluding steroid dienone is 4. The summed E-state index contributed by atoms with van der Waals surface area (Å²) in [5.74, 6) is 0.547.